The number of para-hydroxylation sites is 1. The number of hydrogen-bond donors (Lipinski definition) is 0. The third-order valence-electron chi connectivity index (χ3n) is 4.38. The maximum atomic E-state index is 14.0. The Morgan fingerprint density at radius 1 is 0.828 bits per heavy atom. The highest BCUT2D eigenvalue weighted by molar-refractivity contribution is 5.92. The van der Waals surface area contributed by atoms with Crippen molar-refractivity contribution in [2.75, 3.05) is 13.7 Å². The first-order valence-electron chi connectivity index (χ1n) is 8.89. The predicted molar refractivity (Wildman–Crippen MR) is 105 cm³/mol. The third kappa shape index (κ3) is 3.90. The Balaban J connectivity index is 1.68. The number of ether oxygens (including phenoxy) is 2. The Morgan fingerprint density at radius 3 is 2.38 bits per heavy atom. The van der Waals surface area contributed by atoms with Crippen LogP contribution in [0.25, 0.3) is 22.2 Å². The van der Waals surface area contributed by atoms with Gasteiger partial charge in [-0.25, -0.2) is 4.98 Å². The molecule has 0 radical (unpaired) electrons. The van der Waals surface area contributed by atoms with Crippen LogP contribution in [0.5, 0.6) is 11.6 Å². The highest BCUT2D eigenvalue weighted by Gasteiger charge is 2.31. The Kier molecular flexibility index (Phi) is 5.14. The maximum Gasteiger partial charge on any atom is 0.296 e. The molecule has 2 aromatic carbocycles. The number of halogens is 2. The number of rotatable bonds is 6. The SMILES string of the molecule is COCC(F)(F)c1ccc(Oc2ncccc2-c2cccc3nccnc23)cc1. The van der Waals surface area contributed by atoms with E-state index in [1.807, 2.05) is 24.3 Å². The molecule has 5 nitrogen and oxygen atoms in total. The molecular weight excluding hydrogens is 376 g/mol. The molecule has 0 unspecified atom stereocenters. The number of pyridine rings is 1. The van der Waals surface area contributed by atoms with Crippen LogP contribution in [0.3, 0.4) is 0 Å². The van der Waals surface area contributed by atoms with Crippen LogP contribution in [-0.2, 0) is 10.7 Å². The van der Waals surface area contributed by atoms with Gasteiger partial charge in [-0.15, -0.1) is 0 Å². The summed E-state index contributed by atoms with van der Waals surface area (Å²) in [5.41, 5.74) is 2.89. The number of methoxy groups -OCH3 is 1. The van der Waals surface area contributed by atoms with Crippen molar-refractivity contribution in [3.05, 3.63) is 78.8 Å². The average Bonchev–Trinajstić information content (AvgIpc) is 2.74. The van der Waals surface area contributed by atoms with E-state index < -0.39 is 12.5 Å². The molecule has 29 heavy (non-hydrogen) atoms. The monoisotopic (exact) mass is 393 g/mol. The molecule has 0 saturated heterocycles. The summed E-state index contributed by atoms with van der Waals surface area (Å²) in [6.07, 6.45) is 4.87. The summed E-state index contributed by atoms with van der Waals surface area (Å²) in [7, 11) is 1.24. The Bertz CT molecular complexity index is 1130. The largest absolute Gasteiger partial charge is 0.438 e. The third-order valence-corrected chi connectivity index (χ3v) is 4.38. The van der Waals surface area contributed by atoms with Crippen LogP contribution >= 0.6 is 0 Å². The van der Waals surface area contributed by atoms with E-state index in [9.17, 15) is 8.78 Å². The van der Waals surface area contributed by atoms with Crippen LogP contribution in [0.1, 0.15) is 5.56 Å². The van der Waals surface area contributed by atoms with Gasteiger partial charge in [0.25, 0.3) is 5.92 Å². The lowest BCUT2D eigenvalue weighted by Gasteiger charge is -2.16. The van der Waals surface area contributed by atoms with E-state index in [0.29, 0.717) is 11.6 Å². The fourth-order valence-electron chi connectivity index (χ4n) is 3.03. The molecule has 146 valence electrons. The molecule has 0 aliphatic carbocycles. The van der Waals surface area contributed by atoms with Gasteiger partial charge in [0.2, 0.25) is 5.88 Å². The normalized spacial score (nSPS) is 11.6. The molecule has 0 aliphatic heterocycles. The van der Waals surface area contributed by atoms with Crippen LogP contribution in [-0.4, -0.2) is 28.7 Å². The van der Waals surface area contributed by atoms with Crippen molar-refractivity contribution in [2.45, 2.75) is 5.92 Å². The van der Waals surface area contributed by atoms with Crippen LogP contribution in [0, 0.1) is 0 Å². The maximum absolute atomic E-state index is 14.0. The van der Waals surface area contributed by atoms with Crippen molar-refractivity contribution in [1.29, 1.82) is 0 Å². The molecule has 2 aromatic heterocycles. The average molecular weight is 393 g/mol. The highest BCUT2D eigenvalue weighted by Crippen LogP contribution is 2.35. The quantitative estimate of drug-likeness (QED) is 0.449. The van der Waals surface area contributed by atoms with Crippen molar-refractivity contribution in [1.82, 2.24) is 15.0 Å². The predicted octanol–water partition coefficient (Wildman–Crippen LogP) is 5.22. The lowest BCUT2D eigenvalue weighted by molar-refractivity contribution is -0.0698. The van der Waals surface area contributed by atoms with Gasteiger partial charge < -0.3 is 9.47 Å². The van der Waals surface area contributed by atoms with Crippen LogP contribution in [0.4, 0.5) is 8.78 Å². The van der Waals surface area contributed by atoms with Crippen molar-refractivity contribution in [2.24, 2.45) is 0 Å². The molecule has 4 aromatic rings. The number of fused-ring (bicyclic) bond motifs is 1. The minimum atomic E-state index is -3.06. The Morgan fingerprint density at radius 2 is 1.59 bits per heavy atom. The molecule has 0 amide bonds. The fourth-order valence-corrected chi connectivity index (χ4v) is 3.03. The topological polar surface area (TPSA) is 57.1 Å². The zero-order chi connectivity index (χ0) is 20.3. The summed E-state index contributed by atoms with van der Waals surface area (Å²) in [6.45, 7) is -0.681. The van der Waals surface area contributed by atoms with Gasteiger partial charge >= 0.3 is 0 Å². The van der Waals surface area contributed by atoms with Gasteiger partial charge in [0, 0.05) is 42.4 Å². The van der Waals surface area contributed by atoms with Gasteiger partial charge in [0.15, 0.2) is 0 Å². The molecule has 0 saturated carbocycles. The van der Waals surface area contributed by atoms with Crippen molar-refractivity contribution >= 4 is 11.0 Å². The number of nitrogens with zero attached hydrogens (tertiary/aromatic N) is 3. The molecule has 2 heterocycles. The summed E-state index contributed by atoms with van der Waals surface area (Å²) in [6, 6.07) is 15.0. The molecular formula is C22H17F2N3O2. The summed E-state index contributed by atoms with van der Waals surface area (Å²) in [5, 5.41) is 0. The van der Waals surface area contributed by atoms with E-state index in [4.69, 9.17) is 4.74 Å². The highest BCUT2D eigenvalue weighted by atomic mass is 19.3. The zero-order valence-corrected chi connectivity index (χ0v) is 15.5. The first kappa shape index (κ1) is 18.9. The summed E-state index contributed by atoms with van der Waals surface area (Å²) in [4.78, 5) is 13.1. The molecule has 0 aliphatic rings. The van der Waals surface area contributed by atoms with Crippen molar-refractivity contribution in [3.8, 4) is 22.8 Å². The Hall–Kier alpha value is -3.45. The van der Waals surface area contributed by atoms with Crippen LogP contribution in [0.2, 0.25) is 0 Å². The van der Waals surface area contributed by atoms with E-state index in [2.05, 4.69) is 19.7 Å². The minimum absolute atomic E-state index is 0.141. The first-order chi connectivity index (χ1) is 14.1. The molecule has 0 N–H and O–H groups in total. The fraction of sp³-hybridized carbons (Fsp3) is 0.136. The number of alkyl halides is 2. The van der Waals surface area contributed by atoms with Gasteiger partial charge in [0.1, 0.15) is 12.4 Å². The van der Waals surface area contributed by atoms with Gasteiger partial charge in [0.05, 0.1) is 11.0 Å². The smallest absolute Gasteiger partial charge is 0.296 e. The minimum Gasteiger partial charge on any atom is -0.438 e. The summed E-state index contributed by atoms with van der Waals surface area (Å²) < 4.78 is 38.4. The van der Waals surface area contributed by atoms with Gasteiger partial charge in [-0.05, 0) is 42.5 Å². The standard InChI is InChI=1S/C22H17F2N3O2/c1-28-14-22(23,24)15-7-9-16(10-8-15)29-21-18(5-3-11-27-21)17-4-2-6-19-20(17)26-13-12-25-19/h2-13H,14H2,1H3. The van der Waals surface area contributed by atoms with E-state index in [1.165, 1.54) is 31.4 Å². The van der Waals surface area contributed by atoms with Gasteiger partial charge in [-0.1, -0.05) is 12.1 Å². The number of aromatic nitrogens is 3. The van der Waals surface area contributed by atoms with E-state index in [-0.39, 0.29) is 5.56 Å². The molecule has 7 heteroatoms. The lowest BCUT2D eigenvalue weighted by atomic mass is 10.1. The molecule has 0 atom stereocenters. The molecule has 4 rings (SSSR count). The zero-order valence-electron chi connectivity index (χ0n) is 15.5. The van der Waals surface area contributed by atoms with Crippen LogP contribution < -0.4 is 4.74 Å². The number of benzene rings is 2. The Labute approximate surface area is 166 Å². The second-order valence-corrected chi connectivity index (χ2v) is 6.35. The molecule has 0 bridgehead atoms. The van der Waals surface area contributed by atoms with Crippen molar-refractivity contribution < 1.29 is 18.3 Å². The van der Waals surface area contributed by atoms with Crippen molar-refractivity contribution in [3.63, 3.8) is 0 Å². The second kappa shape index (κ2) is 7.89. The summed E-state index contributed by atoms with van der Waals surface area (Å²) >= 11 is 0. The van der Waals surface area contributed by atoms with E-state index >= 15 is 0 Å². The number of hydrogen-bond acceptors (Lipinski definition) is 5. The van der Waals surface area contributed by atoms with Crippen LogP contribution in [0.15, 0.2) is 73.2 Å². The van der Waals surface area contributed by atoms with Gasteiger partial charge in [-0.3, -0.25) is 9.97 Å². The van der Waals surface area contributed by atoms with E-state index in [1.54, 1.807) is 24.7 Å². The molecule has 0 spiro atoms. The molecule has 0 fully saturated rings. The summed E-state index contributed by atoms with van der Waals surface area (Å²) in [5.74, 6) is -2.32. The van der Waals surface area contributed by atoms with E-state index in [0.717, 1.165) is 22.2 Å². The van der Waals surface area contributed by atoms with Gasteiger partial charge in [-0.2, -0.15) is 8.78 Å². The second-order valence-electron chi connectivity index (χ2n) is 6.35. The lowest BCUT2D eigenvalue weighted by Crippen LogP contribution is -2.19. The first-order valence-corrected chi connectivity index (χ1v) is 8.89.